The molecule has 0 saturated heterocycles. The number of hydrogen-bond donors (Lipinski definition) is 0. The van der Waals surface area contributed by atoms with Gasteiger partial charge in [0.15, 0.2) is 0 Å². The second-order valence-corrected chi connectivity index (χ2v) is 16.8. The summed E-state index contributed by atoms with van der Waals surface area (Å²) in [5, 5.41) is 0. The fourth-order valence-electron chi connectivity index (χ4n) is 10.0. The van der Waals surface area contributed by atoms with Crippen LogP contribution in [-0.2, 0) is 0 Å². The van der Waals surface area contributed by atoms with Crippen LogP contribution >= 0.6 is 0 Å². The third-order valence-electron chi connectivity index (χ3n) is 12.9. The van der Waals surface area contributed by atoms with Gasteiger partial charge in [0.2, 0.25) is 0 Å². The van der Waals surface area contributed by atoms with Crippen LogP contribution in [0.1, 0.15) is 22.3 Å². The molecule has 0 saturated carbocycles. The van der Waals surface area contributed by atoms with E-state index < -0.39 is 0 Å². The van der Waals surface area contributed by atoms with Gasteiger partial charge >= 0.3 is 0 Å². The van der Waals surface area contributed by atoms with Crippen molar-refractivity contribution in [3.05, 3.63) is 229 Å². The highest BCUT2D eigenvalue weighted by Crippen LogP contribution is 2.50. The Morgan fingerprint density at radius 2 is 0.694 bits per heavy atom. The van der Waals surface area contributed by atoms with E-state index in [9.17, 15) is 0 Å². The Hall–Kier alpha value is -7.56. The topological polar surface area (TPSA) is 9.72 Å². The molecule has 0 atom stereocenters. The molecule has 2 heterocycles. The van der Waals surface area contributed by atoms with Crippen LogP contribution in [0.2, 0.25) is 0 Å². The summed E-state index contributed by atoms with van der Waals surface area (Å²) in [6, 6.07) is 75.8. The minimum absolute atomic E-state index is 0.0307. The third kappa shape index (κ3) is 6.13. The van der Waals surface area contributed by atoms with Crippen LogP contribution in [0.25, 0.3) is 22.3 Å². The van der Waals surface area contributed by atoms with E-state index in [2.05, 4.69) is 249 Å². The van der Waals surface area contributed by atoms with E-state index in [1.165, 1.54) is 95.0 Å². The maximum absolute atomic E-state index is 2.56. The van der Waals surface area contributed by atoms with Gasteiger partial charge in [-0.05, 0) is 137 Å². The van der Waals surface area contributed by atoms with Crippen molar-refractivity contribution in [2.75, 3.05) is 14.7 Å². The molecule has 2 aliphatic heterocycles. The largest absolute Gasteiger partial charge is 0.311 e. The molecular weight excluding hydrogens is 749 g/mol. The first-order valence-electron chi connectivity index (χ1n) is 21.6. The molecule has 0 amide bonds. The van der Waals surface area contributed by atoms with Crippen molar-refractivity contribution in [3.8, 4) is 22.3 Å². The molecule has 4 heteroatoms. The zero-order valence-corrected chi connectivity index (χ0v) is 35.5. The molecule has 296 valence electrons. The molecule has 0 aromatic heterocycles. The molecule has 11 rings (SSSR count). The van der Waals surface area contributed by atoms with Crippen LogP contribution in [0.15, 0.2) is 206 Å². The molecule has 0 aliphatic carbocycles. The molecule has 3 nitrogen and oxygen atoms in total. The van der Waals surface area contributed by atoms with Gasteiger partial charge in [0.1, 0.15) is 0 Å². The van der Waals surface area contributed by atoms with E-state index >= 15 is 0 Å². The third-order valence-corrected chi connectivity index (χ3v) is 12.9. The lowest BCUT2D eigenvalue weighted by atomic mass is 9.33. The second kappa shape index (κ2) is 15.2. The number of para-hydroxylation sites is 4. The highest BCUT2D eigenvalue weighted by Gasteiger charge is 2.45. The van der Waals surface area contributed by atoms with Crippen molar-refractivity contribution in [1.29, 1.82) is 0 Å². The summed E-state index contributed by atoms with van der Waals surface area (Å²) in [6.07, 6.45) is 0. The summed E-state index contributed by atoms with van der Waals surface area (Å²) in [5.74, 6) is 0. The fourth-order valence-corrected chi connectivity index (χ4v) is 10.0. The first kappa shape index (κ1) is 37.4. The fraction of sp³-hybridized carbons (Fsp3) is 0.0690. The lowest BCUT2D eigenvalue weighted by molar-refractivity contribution is 1.19. The molecule has 0 fully saturated rings. The first-order valence-corrected chi connectivity index (χ1v) is 21.6. The molecule has 2 aliphatic rings. The Morgan fingerprint density at radius 1 is 0.323 bits per heavy atom. The SMILES string of the molecule is Cc1ccccc1N1c2cc(N(c3ccc(-c4ccccc4)cc3)c3ccc(-c4ccccc4)cc3)cc3c2B(c2cccc(C)c21)c1cccc(C)c1N3c1ccccc1C. The lowest BCUT2D eigenvalue weighted by Gasteiger charge is -2.46. The molecule has 0 bridgehead atoms. The van der Waals surface area contributed by atoms with Crippen molar-refractivity contribution in [2.45, 2.75) is 27.7 Å². The minimum atomic E-state index is 0.0307. The Balaban J connectivity index is 1.23. The molecule has 0 N–H and O–H groups in total. The van der Waals surface area contributed by atoms with Gasteiger partial charge in [-0.25, -0.2) is 0 Å². The number of hydrogen-bond acceptors (Lipinski definition) is 3. The van der Waals surface area contributed by atoms with Crippen molar-refractivity contribution in [3.63, 3.8) is 0 Å². The predicted octanol–water partition coefficient (Wildman–Crippen LogP) is 13.8. The number of aryl methyl sites for hydroxylation is 4. The van der Waals surface area contributed by atoms with Crippen LogP contribution < -0.4 is 31.1 Å². The van der Waals surface area contributed by atoms with Gasteiger partial charge in [-0.2, -0.15) is 0 Å². The summed E-state index contributed by atoms with van der Waals surface area (Å²) in [5.41, 5.74) is 24.2. The van der Waals surface area contributed by atoms with Gasteiger partial charge in [0, 0.05) is 45.5 Å². The Bertz CT molecular complexity index is 2910. The average Bonchev–Trinajstić information content (AvgIpc) is 3.31. The quantitative estimate of drug-likeness (QED) is 0.149. The number of anilines is 9. The maximum Gasteiger partial charge on any atom is 0.252 e. The predicted molar refractivity (Wildman–Crippen MR) is 265 cm³/mol. The summed E-state index contributed by atoms with van der Waals surface area (Å²) in [6.45, 7) is 9.05. The van der Waals surface area contributed by atoms with Crippen molar-refractivity contribution in [2.24, 2.45) is 0 Å². The molecule has 0 unspecified atom stereocenters. The Labute approximate surface area is 365 Å². The van der Waals surface area contributed by atoms with Crippen molar-refractivity contribution >= 4 is 74.3 Å². The molecule has 9 aromatic rings. The zero-order chi connectivity index (χ0) is 41.9. The van der Waals surface area contributed by atoms with Gasteiger partial charge in [-0.1, -0.05) is 158 Å². The maximum atomic E-state index is 2.56. The first-order chi connectivity index (χ1) is 30.4. The normalized spacial score (nSPS) is 12.4. The van der Waals surface area contributed by atoms with Gasteiger partial charge in [-0.15, -0.1) is 0 Å². The van der Waals surface area contributed by atoms with Crippen molar-refractivity contribution in [1.82, 2.24) is 0 Å². The van der Waals surface area contributed by atoms with Gasteiger partial charge < -0.3 is 14.7 Å². The number of rotatable bonds is 7. The number of benzene rings is 9. The zero-order valence-electron chi connectivity index (χ0n) is 35.5. The van der Waals surface area contributed by atoms with Crippen LogP contribution in [-0.4, -0.2) is 6.71 Å². The molecular formula is C58H46BN3. The Kier molecular flexibility index (Phi) is 9.16. The molecule has 62 heavy (non-hydrogen) atoms. The van der Waals surface area contributed by atoms with Gasteiger partial charge in [0.05, 0.1) is 5.69 Å². The van der Waals surface area contributed by atoms with E-state index in [4.69, 9.17) is 0 Å². The highest BCUT2D eigenvalue weighted by atomic mass is 15.2. The van der Waals surface area contributed by atoms with Crippen LogP contribution in [0.3, 0.4) is 0 Å². The van der Waals surface area contributed by atoms with E-state index in [1.807, 2.05) is 0 Å². The van der Waals surface area contributed by atoms with Crippen molar-refractivity contribution < 1.29 is 0 Å². The molecule has 0 radical (unpaired) electrons. The number of fused-ring (bicyclic) bond motifs is 4. The van der Waals surface area contributed by atoms with E-state index in [1.54, 1.807) is 0 Å². The molecule has 9 aromatic carbocycles. The van der Waals surface area contributed by atoms with Crippen LogP contribution in [0.5, 0.6) is 0 Å². The molecule has 0 spiro atoms. The highest BCUT2D eigenvalue weighted by molar-refractivity contribution is 7.00. The summed E-state index contributed by atoms with van der Waals surface area (Å²) < 4.78 is 0. The summed E-state index contributed by atoms with van der Waals surface area (Å²) in [7, 11) is 0. The smallest absolute Gasteiger partial charge is 0.252 e. The number of nitrogens with zero attached hydrogens (tertiary/aromatic N) is 3. The minimum Gasteiger partial charge on any atom is -0.311 e. The average molecular weight is 796 g/mol. The monoisotopic (exact) mass is 795 g/mol. The second-order valence-electron chi connectivity index (χ2n) is 16.8. The Morgan fingerprint density at radius 3 is 1.11 bits per heavy atom. The summed E-state index contributed by atoms with van der Waals surface area (Å²) in [4.78, 5) is 7.57. The van der Waals surface area contributed by atoms with Gasteiger partial charge in [-0.3, -0.25) is 0 Å². The van der Waals surface area contributed by atoms with E-state index in [0.29, 0.717) is 0 Å². The van der Waals surface area contributed by atoms with E-state index in [0.717, 1.165) is 17.1 Å². The van der Waals surface area contributed by atoms with Crippen LogP contribution in [0.4, 0.5) is 51.2 Å². The lowest BCUT2D eigenvalue weighted by Crippen LogP contribution is -2.61. The standard InChI is InChI=1S/C58H46BN3/c1-39-17-11-13-27-52(39)61-54-37-49(60(47-33-29-45(30-34-47)43-21-7-5-8-22-43)48-35-31-46(32-36-48)44-23-9-6-10-24-44)38-55-56(54)59(50-25-15-19-41(3)57(50)61)51-26-16-20-42(4)58(51)62(55)53-28-14-12-18-40(53)2/h5-38H,1-4H3. The van der Waals surface area contributed by atoms with E-state index in [-0.39, 0.29) is 6.71 Å². The van der Waals surface area contributed by atoms with Crippen LogP contribution in [0, 0.1) is 27.7 Å². The van der Waals surface area contributed by atoms with Gasteiger partial charge in [0.25, 0.3) is 6.71 Å². The summed E-state index contributed by atoms with van der Waals surface area (Å²) >= 11 is 0.